The molecule has 2 atom stereocenters. The largest absolute Gasteiger partial charge is 0.490 e. The highest BCUT2D eigenvalue weighted by Gasteiger charge is 2.25. The summed E-state index contributed by atoms with van der Waals surface area (Å²) >= 11 is 0. The van der Waals surface area contributed by atoms with E-state index in [2.05, 4.69) is 5.32 Å². The third-order valence-electron chi connectivity index (χ3n) is 3.68. The Kier molecular flexibility index (Phi) is 4.74. The number of hydrogen-bond donors (Lipinski definition) is 2. The SMILES string of the molecule is COc1cc(C(=O)N[C@H]2CCCC[C@@H]2O)ccc1[N+](=O)[O-]. The smallest absolute Gasteiger partial charge is 0.310 e. The summed E-state index contributed by atoms with van der Waals surface area (Å²) in [7, 11) is 1.31. The normalized spacial score (nSPS) is 21.6. The molecule has 2 N–H and O–H groups in total. The predicted octanol–water partition coefficient (Wildman–Crippen LogP) is 1.64. The Labute approximate surface area is 122 Å². The van der Waals surface area contributed by atoms with Gasteiger partial charge in [-0.05, 0) is 18.9 Å². The quantitative estimate of drug-likeness (QED) is 0.649. The molecule has 1 saturated carbocycles. The summed E-state index contributed by atoms with van der Waals surface area (Å²) in [6.45, 7) is 0. The highest BCUT2D eigenvalue weighted by Crippen LogP contribution is 2.27. The van der Waals surface area contributed by atoms with Crippen LogP contribution in [-0.2, 0) is 0 Å². The first-order valence-electron chi connectivity index (χ1n) is 6.84. The second-order valence-electron chi connectivity index (χ2n) is 5.08. The number of carbonyl (C=O) groups excluding carboxylic acids is 1. The number of benzene rings is 1. The van der Waals surface area contributed by atoms with Gasteiger partial charge in [-0.15, -0.1) is 0 Å². The van der Waals surface area contributed by atoms with Crippen LogP contribution in [-0.4, -0.2) is 35.2 Å². The fourth-order valence-corrected chi connectivity index (χ4v) is 2.50. The minimum atomic E-state index is -0.564. The Morgan fingerprint density at radius 3 is 2.76 bits per heavy atom. The van der Waals surface area contributed by atoms with Gasteiger partial charge in [-0.25, -0.2) is 0 Å². The topological polar surface area (TPSA) is 102 Å². The van der Waals surface area contributed by atoms with Crippen molar-refractivity contribution in [2.45, 2.75) is 37.8 Å². The van der Waals surface area contributed by atoms with Gasteiger partial charge < -0.3 is 15.2 Å². The van der Waals surface area contributed by atoms with Crippen LogP contribution in [0.3, 0.4) is 0 Å². The molecule has 1 amide bonds. The van der Waals surface area contributed by atoms with E-state index in [0.29, 0.717) is 6.42 Å². The first kappa shape index (κ1) is 15.2. The maximum absolute atomic E-state index is 12.2. The fourth-order valence-electron chi connectivity index (χ4n) is 2.50. The lowest BCUT2D eigenvalue weighted by Gasteiger charge is -2.28. The van der Waals surface area contributed by atoms with E-state index in [1.807, 2.05) is 0 Å². The average Bonchev–Trinajstić information content (AvgIpc) is 2.48. The molecule has 1 aromatic rings. The van der Waals surface area contributed by atoms with E-state index in [1.54, 1.807) is 0 Å². The standard InChI is InChI=1S/C14H18N2O5/c1-21-13-8-9(6-7-11(13)16(19)20)14(18)15-10-4-2-3-5-12(10)17/h6-8,10,12,17H,2-5H2,1H3,(H,15,18)/t10-,12-/m0/s1. The van der Waals surface area contributed by atoms with Gasteiger partial charge in [0.1, 0.15) is 0 Å². The molecule has 0 spiro atoms. The zero-order chi connectivity index (χ0) is 15.4. The van der Waals surface area contributed by atoms with Crippen LogP contribution in [0.2, 0.25) is 0 Å². The van der Waals surface area contributed by atoms with E-state index in [0.717, 1.165) is 19.3 Å². The molecule has 0 heterocycles. The number of nitro groups is 1. The zero-order valence-corrected chi connectivity index (χ0v) is 11.7. The van der Waals surface area contributed by atoms with Gasteiger partial charge in [0.15, 0.2) is 5.75 Å². The zero-order valence-electron chi connectivity index (χ0n) is 11.7. The fraction of sp³-hybridized carbons (Fsp3) is 0.500. The van der Waals surface area contributed by atoms with Crippen molar-refractivity contribution in [2.24, 2.45) is 0 Å². The number of aliphatic hydroxyl groups is 1. The molecule has 1 aliphatic carbocycles. The number of carbonyl (C=O) groups is 1. The van der Waals surface area contributed by atoms with E-state index in [1.165, 1.54) is 25.3 Å². The Morgan fingerprint density at radius 1 is 1.43 bits per heavy atom. The molecule has 1 aliphatic rings. The third kappa shape index (κ3) is 3.49. The Morgan fingerprint density at radius 2 is 2.14 bits per heavy atom. The first-order valence-corrected chi connectivity index (χ1v) is 6.84. The molecule has 0 aliphatic heterocycles. The number of hydrogen-bond acceptors (Lipinski definition) is 5. The molecule has 0 bridgehead atoms. The Bertz CT molecular complexity index is 546. The predicted molar refractivity (Wildman–Crippen MR) is 75.4 cm³/mol. The maximum Gasteiger partial charge on any atom is 0.310 e. The summed E-state index contributed by atoms with van der Waals surface area (Å²) in [5.74, 6) is -0.328. The second-order valence-corrected chi connectivity index (χ2v) is 5.08. The molecule has 0 radical (unpaired) electrons. The summed E-state index contributed by atoms with van der Waals surface area (Å²) in [5, 5.41) is 23.4. The van der Waals surface area contributed by atoms with Crippen molar-refractivity contribution < 1.29 is 19.6 Å². The van der Waals surface area contributed by atoms with Gasteiger partial charge in [-0.1, -0.05) is 12.8 Å². The van der Waals surface area contributed by atoms with Gasteiger partial charge >= 0.3 is 5.69 Å². The van der Waals surface area contributed by atoms with Crippen LogP contribution in [0.1, 0.15) is 36.0 Å². The van der Waals surface area contributed by atoms with Crippen LogP contribution in [0.4, 0.5) is 5.69 Å². The van der Waals surface area contributed by atoms with Gasteiger partial charge in [-0.3, -0.25) is 14.9 Å². The van der Waals surface area contributed by atoms with Gasteiger partial charge in [-0.2, -0.15) is 0 Å². The first-order chi connectivity index (χ1) is 10.0. The Balaban J connectivity index is 2.13. The Hall–Kier alpha value is -2.15. The van der Waals surface area contributed by atoms with E-state index in [9.17, 15) is 20.0 Å². The molecule has 2 rings (SSSR count). The monoisotopic (exact) mass is 294 g/mol. The van der Waals surface area contributed by atoms with E-state index < -0.39 is 11.0 Å². The highest BCUT2D eigenvalue weighted by atomic mass is 16.6. The summed E-state index contributed by atoms with van der Waals surface area (Å²) in [6, 6.07) is 3.69. The minimum Gasteiger partial charge on any atom is -0.490 e. The van der Waals surface area contributed by atoms with Crippen molar-refractivity contribution in [1.82, 2.24) is 5.32 Å². The number of amides is 1. The van der Waals surface area contributed by atoms with E-state index >= 15 is 0 Å². The lowest BCUT2D eigenvalue weighted by Crippen LogP contribution is -2.45. The molecular formula is C14H18N2O5. The summed E-state index contributed by atoms with van der Waals surface area (Å²) in [4.78, 5) is 22.4. The number of rotatable bonds is 4. The third-order valence-corrected chi connectivity index (χ3v) is 3.68. The van der Waals surface area contributed by atoms with Crippen LogP contribution in [0.5, 0.6) is 5.75 Å². The maximum atomic E-state index is 12.2. The molecule has 21 heavy (non-hydrogen) atoms. The van der Waals surface area contributed by atoms with Crippen LogP contribution in [0, 0.1) is 10.1 Å². The van der Waals surface area contributed by atoms with Crippen molar-refractivity contribution in [3.8, 4) is 5.75 Å². The molecule has 7 nitrogen and oxygen atoms in total. The number of nitrogens with one attached hydrogen (secondary N) is 1. The van der Waals surface area contributed by atoms with Crippen LogP contribution >= 0.6 is 0 Å². The lowest BCUT2D eigenvalue weighted by molar-refractivity contribution is -0.385. The molecule has 1 fully saturated rings. The van der Waals surface area contributed by atoms with Gasteiger partial charge in [0.25, 0.3) is 5.91 Å². The molecule has 0 aromatic heterocycles. The molecule has 7 heteroatoms. The second kappa shape index (κ2) is 6.53. The van der Waals surface area contributed by atoms with Gasteiger partial charge in [0, 0.05) is 17.7 Å². The molecule has 1 aromatic carbocycles. The lowest BCUT2D eigenvalue weighted by atomic mass is 9.92. The number of methoxy groups -OCH3 is 1. The molecule has 0 unspecified atom stereocenters. The van der Waals surface area contributed by atoms with Crippen molar-refractivity contribution in [2.75, 3.05) is 7.11 Å². The number of ether oxygens (including phenoxy) is 1. The van der Waals surface area contributed by atoms with Crippen molar-refractivity contribution in [1.29, 1.82) is 0 Å². The highest BCUT2D eigenvalue weighted by molar-refractivity contribution is 5.95. The molecule has 0 saturated heterocycles. The molecular weight excluding hydrogens is 276 g/mol. The van der Waals surface area contributed by atoms with Crippen LogP contribution < -0.4 is 10.1 Å². The number of nitro benzene ring substituents is 1. The van der Waals surface area contributed by atoms with E-state index in [-0.39, 0.29) is 28.9 Å². The van der Waals surface area contributed by atoms with Gasteiger partial charge in [0.05, 0.1) is 24.2 Å². The average molecular weight is 294 g/mol. The van der Waals surface area contributed by atoms with Crippen LogP contribution in [0.15, 0.2) is 18.2 Å². The number of aliphatic hydroxyl groups excluding tert-OH is 1. The van der Waals surface area contributed by atoms with E-state index in [4.69, 9.17) is 4.74 Å². The van der Waals surface area contributed by atoms with Crippen molar-refractivity contribution in [3.63, 3.8) is 0 Å². The number of nitrogens with zero attached hydrogens (tertiary/aromatic N) is 1. The summed E-state index contributed by atoms with van der Waals surface area (Å²) in [6.07, 6.45) is 2.79. The summed E-state index contributed by atoms with van der Waals surface area (Å²) in [5.41, 5.74) is 0.0852. The van der Waals surface area contributed by atoms with Crippen molar-refractivity contribution >= 4 is 11.6 Å². The summed E-state index contributed by atoms with van der Waals surface area (Å²) < 4.78 is 4.94. The molecule has 114 valence electrons. The van der Waals surface area contributed by atoms with Gasteiger partial charge in [0.2, 0.25) is 0 Å². The minimum absolute atomic E-state index is 0.0387. The van der Waals surface area contributed by atoms with Crippen LogP contribution in [0.25, 0.3) is 0 Å². The van der Waals surface area contributed by atoms with Crippen molar-refractivity contribution in [3.05, 3.63) is 33.9 Å².